The summed E-state index contributed by atoms with van der Waals surface area (Å²) in [5, 5.41) is 0. The van der Waals surface area contributed by atoms with E-state index in [9.17, 15) is 8.78 Å². The van der Waals surface area contributed by atoms with Crippen molar-refractivity contribution in [1.82, 2.24) is 0 Å². The lowest BCUT2D eigenvalue weighted by atomic mass is 9.98. The third-order valence-electron chi connectivity index (χ3n) is 2.25. The molecule has 0 unspecified atom stereocenters. The van der Waals surface area contributed by atoms with Crippen LogP contribution in [0.3, 0.4) is 0 Å². The van der Waals surface area contributed by atoms with Crippen LogP contribution < -0.4 is 5.73 Å². The fourth-order valence-electron chi connectivity index (χ4n) is 1.50. The van der Waals surface area contributed by atoms with Crippen molar-refractivity contribution in [1.29, 1.82) is 0 Å². The van der Waals surface area contributed by atoms with Gasteiger partial charge in [0, 0.05) is 12.0 Å². The fourth-order valence-corrected chi connectivity index (χ4v) is 1.50. The molecule has 0 spiro atoms. The number of nitrogens with two attached hydrogens (primary N) is 1. The molecule has 1 aromatic carbocycles. The maximum absolute atomic E-state index is 13.5. The van der Waals surface area contributed by atoms with E-state index in [-0.39, 0.29) is 18.5 Å². The van der Waals surface area contributed by atoms with Crippen molar-refractivity contribution in [3.8, 4) is 0 Å². The van der Waals surface area contributed by atoms with Gasteiger partial charge in [-0.3, -0.25) is 0 Å². The third-order valence-corrected chi connectivity index (χ3v) is 2.25. The zero-order chi connectivity index (χ0) is 10.6. The van der Waals surface area contributed by atoms with Gasteiger partial charge in [-0.05, 0) is 18.5 Å². The molecule has 0 saturated carbocycles. The Morgan fingerprint density at radius 3 is 2.50 bits per heavy atom. The zero-order valence-electron chi connectivity index (χ0n) is 8.26. The van der Waals surface area contributed by atoms with Crippen LogP contribution in [0.25, 0.3) is 0 Å². The topological polar surface area (TPSA) is 26.0 Å². The molecule has 0 saturated heterocycles. The first-order valence-electron chi connectivity index (χ1n) is 4.78. The standard InChI is InChI=1S/C11H15F2N/c1-2-9-5-3-4-6-10(9)11(12,13)7-8-14/h3-6H,2,7-8,14H2,1H3. The highest BCUT2D eigenvalue weighted by molar-refractivity contribution is 5.30. The molecule has 0 fully saturated rings. The molecule has 0 radical (unpaired) electrons. The largest absolute Gasteiger partial charge is 0.330 e. The molecular weight excluding hydrogens is 184 g/mol. The van der Waals surface area contributed by atoms with Crippen LogP contribution in [0, 0.1) is 0 Å². The molecule has 3 heteroatoms. The second kappa shape index (κ2) is 4.51. The van der Waals surface area contributed by atoms with Gasteiger partial charge >= 0.3 is 0 Å². The van der Waals surface area contributed by atoms with Crippen molar-refractivity contribution < 1.29 is 8.78 Å². The molecule has 0 amide bonds. The first-order chi connectivity index (χ1) is 6.61. The second-order valence-electron chi connectivity index (χ2n) is 3.25. The highest BCUT2D eigenvalue weighted by atomic mass is 19.3. The van der Waals surface area contributed by atoms with Gasteiger partial charge in [-0.25, -0.2) is 8.78 Å². The van der Waals surface area contributed by atoms with Gasteiger partial charge < -0.3 is 5.73 Å². The lowest BCUT2D eigenvalue weighted by molar-refractivity contribution is -0.0115. The van der Waals surface area contributed by atoms with Gasteiger partial charge in [0.15, 0.2) is 0 Å². The molecule has 2 N–H and O–H groups in total. The minimum absolute atomic E-state index is 0.00501. The Balaban J connectivity index is 3.04. The maximum Gasteiger partial charge on any atom is 0.274 e. The van der Waals surface area contributed by atoms with Crippen LogP contribution in [-0.2, 0) is 12.3 Å². The molecule has 0 aliphatic heterocycles. The van der Waals surface area contributed by atoms with E-state index in [0.717, 1.165) is 0 Å². The number of halogens is 2. The minimum atomic E-state index is -2.79. The number of benzene rings is 1. The van der Waals surface area contributed by atoms with E-state index >= 15 is 0 Å². The SMILES string of the molecule is CCc1ccccc1C(F)(F)CCN. The summed E-state index contributed by atoms with van der Waals surface area (Å²) in [6.07, 6.45) is 0.334. The number of rotatable bonds is 4. The summed E-state index contributed by atoms with van der Waals surface area (Å²) in [7, 11) is 0. The number of alkyl halides is 2. The molecular formula is C11H15F2N. The molecule has 14 heavy (non-hydrogen) atoms. The van der Waals surface area contributed by atoms with Crippen LogP contribution in [0.15, 0.2) is 24.3 Å². The number of hydrogen-bond donors (Lipinski definition) is 1. The van der Waals surface area contributed by atoms with Gasteiger partial charge in [0.25, 0.3) is 5.92 Å². The Bertz CT molecular complexity index is 297. The van der Waals surface area contributed by atoms with Gasteiger partial charge in [0.2, 0.25) is 0 Å². The van der Waals surface area contributed by atoms with Crippen LogP contribution in [0.5, 0.6) is 0 Å². The van der Waals surface area contributed by atoms with Crippen molar-refractivity contribution in [3.63, 3.8) is 0 Å². The number of hydrogen-bond acceptors (Lipinski definition) is 1. The highest BCUT2D eigenvalue weighted by Crippen LogP contribution is 2.33. The van der Waals surface area contributed by atoms with E-state index < -0.39 is 5.92 Å². The molecule has 1 rings (SSSR count). The van der Waals surface area contributed by atoms with Gasteiger partial charge in [-0.15, -0.1) is 0 Å². The van der Waals surface area contributed by atoms with Crippen molar-refractivity contribution in [2.75, 3.05) is 6.54 Å². The molecule has 0 atom stereocenters. The molecule has 1 aromatic rings. The quantitative estimate of drug-likeness (QED) is 0.792. The first-order valence-corrected chi connectivity index (χ1v) is 4.78. The average Bonchev–Trinajstić information content (AvgIpc) is 2.18. The molecule has 0 aliphatic rings. The van der Waals surface area contributed by atoms with E-state index in [0.29, 0.717) is 12.0 Å². The van der Waals surface area contributed by atoms with Crippen LogP contribution in [0.1, 0.15) is 24.5 Å². The predicted molar refractivity (Wildman–Crippen MR) is 53.4 cm³/mol. The predicted octanol–water partition coefficient (Wildman–Crippen LogP) is 2.69. The Hall–Kier alpha value is -0.960. The molecule has 0 bridgehead atoms. The normalized spacial score (nSPS) is 11.7. The summed E-state index contributed by atoms with van der Waals surface area (Å²) in [6, 6.07) is 6.63. The number of aryl methyl sites for hydroxylation is 1. The Morgan fingerprint density at radius 1 is 1.29 bits per heavy atom. The van der Waals surface area contributed by atoms with Crippen molar-refractivity contribution in [3.05, 3.63) is 35.4 Å². The van der Waals surface area contributed by atoms with E-state index in [4.69, 9.17) is 5.73 Å². The maximum atomic E-state index is 13.5. The lowest BCUT2D eigenvalue weighted by Crippen LogP contribution is -2.20. The van der Waals surface area contributed by atoms with E-state index in [1.165, 1.54) is 6.07 Å². The summed E-state index contributed by atoms with van der Waals surface area (Å²) in [5.74, 6) is -2.79. The summed E-state index contributed by atoms with van der Waals surface area (Å²) in [4.78, 5) is 0. The van der Waals surface area contributed by atoms with E-state index in [2.05, 4.69) is 0 Å². The van der Waals surface area contributed by atoms with E-state index in [1.807, 2.05) is 6.92 Å². The molecule has 0 heterocycles. The Labute approximate surface area is 82.9 Å². The van der Waals surface area contributed by atoms with Crippen LogP contribution in [-0.4, -0.2) is 6.54 Å². The zero-order valence-corrected chi connectivity index (χ0v) is 8.26. The van der Waals surface area contributed by atoms with Crippen molar-refractivity contribution >= 4 is 0 Å². The second-order valence-corrected chi connectivity index (χ2v) is 3.25. The van der Waals surface area contributed by atoms with Gasteiger partial charge in [0.1, 0.15) is 0 Å². The summed E-state index contributed by atoms with van der Waals surface area (Å²) >= 11 is 0. The third kappa shape index (κ3) is 2.29. The minimum Gasteiger partial charge on any atom is -0.330 e. The van der Waals surface area contributed by atoms with Crippen LogP contribution in [0.2, 0.25) is 0 Å². The summed E-state index contributed by atoms with van der Waals surface area (Å²) < 4.78 is 27.0. The highest BCUT2D eigenvalue weighted by Gasteiger charge is 2.31. The Kier molecular flexibility index (Phi) is 3.58. The van der Waals surface area contributed by atoms with Crippen LogP contribution in [0.4, 0.5) is 8.78 Å². The van der Waals surface area contributed by atoms with Crippen molar-refractivity contribution in [2.24, 2.45) is 5.73 Å². The molecule has 1 nitrogen and oxygen atoms in total. The lowest BCUT2D eigenvalue weighted by Gasteiger charge is -2.18. The average molecular weight is 199 g/mol. The van der Waals surface area contributed by atoms with E-state index in [1.54, 1.807) is 18.2 Å². The summed E-state index contributed by atoms with van der Waals surface area (Å²) in [6.45, 7) is 1.88. The smallest absolute Gasteiger partial charge is 0.274 e. The summed E-state index contributed by atoms with van der Waals surface area (Å²) in [5.41, 5.74) is 5.98. The molecule has 78 valence electrons. The monoisotopic (exact) mass is 199 g/mol. The first kappa shape index (κ1) is 11.1. The van der Waals surface area contributed by atoms with Crippen molar-refractivity contribution in [2.45, 2.75) is 25.7 Å². The Morgan fingerprint density at radius 2 is 1.93 bits per heavy atom. The van der Waals surface area contributed by atoms with Gasteiger partial charge in [0.05, 0.1) is 0 Å². The van der Waals surface area contributed by atoms with Crippen LogP contribution >= 0.6 is 0 Å². The molecule has 0 aliphatic carbocycles. The van der Waals surface area contributed by atoms with Gasteiger partial charge in [-0.2, -0.15) is 0 Å². The van der Waals surface area contributed by atoms with Gasteiger partial charge in [-0.1, -0.05) is 31.2 Å². The molecule has 0 aromatic heterocycles. The fraction of sp³-hybridized carbons (Fsp3) is 0.455.